The molecule has 1 spiro atoms. The number of hydrogen-bond donors (Lipinski definition) is 1. The third-order valence-electron chi connectivity index (χ3n) is 10.5. The van der Waals surface area contributed by atoms with Gasteiger partial charge in [-0.05, 0) is 80.0 Å². The van der Waals surface area contributed by atoms with Crippen LogP contribution in [0.1, 0.15) is 99.3 Å². The maximum atomic E-state index is 12.4. The Balaban J connectivity index is 1.66. The fraction of sp³-hybridized carbons (Fsp3) is 0.926. The monoisotopic (exact) mass is 448 g/mol. The molecule has 4 fully saturated rings. The molecule has 2 bridgehead atoms. The van der Waals surface area contributed by atoms with Gasteiger partial charge in [-0.3, -0.25) is 9.59 Å². The first-order valence-corrected chi connectivity index (χ1v) is 12.9. The first kappa shape index (κ1) is 24.0. The lowest BCUT2D eigenvalue weighted by atomic mass is 9.40. The van der Waals surface area contributed by atoms with E-state index in [1.807, 2.05) is 13.8 Å². The summed E-state index contributed by atoms with van der Waals surface area (Å²) in [6.45, 7) is 12.7. The molecule has 0 heterocycles. The summed E-state index contributed by atoms with van der Waals surface area (Å²) in [6.07, 6.45) is 8.59. The maximum absolute atomic E-state index is 12.4. The largest absolute Gasteiger partial charge is 0.462 e. The maximum Gasteiger partial charge on any atom is 0.308 e. The summed E-state index contributed by atoms with van der Waals surface area (Å²) < 4.78 is 11.7. The molecule has 0 radical (unpaired) electrons. The average Bonchev–Trinajstić information content (AvgIpc) is 2.93. The van der Waals surface area contributed by atoms with Crippen LogP contribution in [-0.2, 0) is 19.1 Å². The Hall–Kier alpha value is -1.10. The van der Waals surface area contributed by atoms with Gasteiger partial charge in [0.1, 0.15) is 18.3 Å². The van der Waals surface area contributed by atoms with Gasteiger partial charge in [-0.15, -0.1) is 0 Å². The third-order valence-corrected chi connectivity index (χ3v) is 10.5. The van der Waals surface area contributed by atoms with Crippen LogP contribution in [0.5, 0.6) is 0 Å². The molecule has 32 heavy (non-hydrogen) atoms. The van der Waals surface area contributed by atoms with Gasteiger partial charge in [0.2, 0.25) is 0 Å². The Labute approximate surface area is 194 Å². The Morgan fingerprint density at radius 1 is 1.12 bits per heavy atom. The molecule has 4 rings (SSSR count). The molecule has 4 aliphatic rings. The smallest absolute Gasteiger partial charge is 0.308 e. The summed E-state index contributed by atoms with van der Waals surface area (Å²) in [5.74, 6) is 0.431. The van der Waals surface area contributed by atoms with E-state index < -0.39 is 5.60 Å². The molecule has 5 heteroatoms. The molecule has 0 saturated heterocycles. The van der Waals surface area contributed by atoms with Gasteiger partial charge in [-0.2, -0.15) is 0 Å². The van der Waals surface area contributed by atoms with Crippen molar-refractivity contribution in [3.05, 3.63) is 0 Å². The van der Waals surface area contributed by atoms with Crippen LogP contribution < -0.4 is 0 Å². The Morgan fingerprint density at radius 2 is 1.84 bits per heavy atom. The molecule has 1 N–H and O–H groups in total. The second kappa shape index (κ2) is 7.99. The third kappa shape index (κ3) is 3.61. The topological polar surface area (TPSA) is 72.8 Å². The van der Waals surface area contributed by atoms with Gasteiger partial charge in [-0.1, -0.05) is 41.0 Å². The summed E-state index contributed by atoms with van der Waals surface area (Å²) >= 11 is 0. The van der Waals surface area contributed by atoms with Crippen LogP contribution in [0.3, 0.4) is 0 Å². The second-order valence-electron chi connectivity index (χ2n) is 12.7. The summed E-state index contributed by atoms with van der Waals surface area (Å²) in [5, 5.41) is 11.8. The van der Waals surface area contributed by atoms with E-state index >= 15 is 0 Å². The molecule has 0 unspecified atom stereocenters. The lowest BCUT2D eigenvalue weighted by molar-refractivity contribution is -0.213. The highest BCUT2D eigenvalue weighted by molar-refractivity contribution is 5.72. The average molecular weight is 449 g/mol. The highest BCUT2D eigenvalue weighted by Crippen LogP contribution is 2.73. The van der Waals surface area contributed by atoms with Crippen LogP contribution >= 0.6 is 0 Å². The zero-order valence-electron chi connectivity index (χ0n) is 21.0. The fourth-order valence-corrected chi connectivity index (χ4v) is 8.84. The molecule has 4 saturated carbocycles. The minimum atomic E-state index is -1.02. The van der Waals surface area contributed by atoms with Crippen molar-refractivity contribution in [2.75, 3.05) is 6.61 Å². The summed E-state index contributed by atoms with van der Waals surface area (Å²) in [4.78, 5) is 24.6. The Morgan fingerprint density at radius 3 is 2.50 bits per heavy atom. The predicted molar refractivity (Wildman–Crippen MR) is 123 cm³/mol. The highest BCUT2D eigenvalue weighted by Gasteiger charge is 2.71. The highest BCUT2D eigenvalue weighted by atomic mass is 16.5. The second-order valence-corrected chi connectivity index (χ2v) is 12.7. The van der Waals surface area contributed by atoms with Gasteiger partial charge in [0.25, 0.3) is 0 Å². The molecule has 8 atom stereocenters. The van der Waals surface area contributed by atoms with Crippen molar-refractivity contribution in [2.45, 2.75) is 111 Å². The zero-order valence-corrected chi connectivity index (χ0v) is 21.0. The van der Waals surface area contributed by atoms with Crippen molar-refractivity contribution < 1.29 is 24.2 Å². The van der Waals surface area contributed by atoms with E-state index in [-0.39, 0.29) is 52.7 Å². The molecule has 0 aromatic heterocycles. The number of carbonyl (C=O) groups excluding carboxylic acids is 2. The van der Waals surface area contributed by atoms with E-state index in [0.717, 1.165) is 32.1 Å². The van der Waals surface area contributed by atoms with Crippen LogP contribution in [0.2, 0.25) is 0 Å². The van der Waals surface area contributed by atoms with Gasteiger partial charge < -0.3 is 14.6 Å². The standard InChI is InChI=1S/C27H44O5/c1-7-17(2)23(29)31-16-27(30)15-26-14-19(27)9-10-20(26)25(6)12-8-11-24(4,5)21(25)13-22(26)32-18(3)28/h17,19-22,30H,7-16H2,1-6H3/t17-,19-,20+,21-,22+,25+,26-,27+/m1/s1. The zero-order chi connectivity index (χ0) is 23.5. The minimum absolute atomic E-state index is 0.0632. The summed E-state index contributed by atoms with van der Waals surface area (Å²) in [7, 11) is 0. The van der Waals surface area contributed by atoms with Crippen molar-refractivity contribution in [3.63, 3.8) is 0 Å². The van der Waals surface area contributed by atoms with Gasteiger partial charge in [0.05, 0.1) is 5.92 Å². The van der Waals surface area contributed by atoms with E-state index in [0.29, 0.717) is 18.3 Å². The van der Waals surface area contributed by atoms with Crippen molar-refractivity contribution in [2.24, 2.45) is 39.9 Å². The van der Waals surface area contributed by atoms with Crippen LogP contribution in [0.25, 0.3) is 0 Å². The van der Waals surface area contributed by atoms with E-state index in [2.05, 4.69) is 20.8 Å². The number of ether oxygens (including phenoxy) is 2. The number of esters is 2. The molecule has 0 aliphatic heterocycles. The van der Waals surface area contributed by atoms with E-state index in [1.165, 1.54) is 26.2 Å². The molecule has 182 valence electrons. The first-order valence-electron chi connectivity index (χ1n) is 12.9. The van der Waals surface area contributed by atoms with Crippen LogP contribution in [0.15, 0.2) is 0 Å². The van der Waals surface area contributed by atoms with Crippen LogP contribution in [-0.4, -0.2) is 35.4 Å². The minimum Gasteiger partial charge on any atom is -0.462 e. The molecule has 0 aromatic rings. The number of aliphatic hydroxyl groups is 1. The number of rotatable bonds is 5. The molecule has 5 nitrogen and oxygen atoms in total. The quantitative estimate of drug-likeness (QED) is 0.579. The SMILES string of the molecule is CC[C@@H](C)C(=O)OC[C@@]1(O)C[C@]23C[C@H]1CC[C@H]2[C@]1(C)CCCC(C)(C)[C@H]1C[C@@H]3OC(C)=O. The van der Waals surface area contributed by atoms with Crippen molar-refractivity contribution >= 4 is 11.9 Å². The van der Waals surface area contributed by atoms with E-state index in [1.54, 1.807) is 0 Å². The molecular formula is C27H44O5. The van der Waals surface area contributed by atoms with E-state index in [9.17, 15) is 14.7 Å². The van der Waals surface area contributed by atoms with Gasteiger partial charge in [-0.25, -0.2) is 0 Å². The normalized spacial score (nSPS) is 45.3. The van der Waals surface area contributed by atoms with Gasteiger partial charge >= 0.3 is 11.9 Å². The Kier molecular flexibility index (Phi) is 6.00. The van der Waals surface area contributed by atoms with Gasteiger partial charge in [0.15, 0.2) is 0 Å². The summed E-state index contributed by atoms with van der Waals surface area (Å²) in [6, 6.07) is 0. The van der Waals surface area contributed by atoms with E-state index in [4.69, 9.17) is 9.47 Å². The van der Waals surface area contributed by atoms with Crippen molar-refractivity contribution in [1.82, 2.24) is 0 Å². The Bertz CT molecular complexity index is 761. The van der Waals surface area contributed by atoms with Crippen LogP contribution in [0, 0.1) is 39.9 Å². The van der Waals surface area contributed by atoms with Crippen LogP contribution in [0.4, 0.5) is 0 Å². The molecule has 4 aliphatic carbocycles. The lowest BCUT2D eigenvalue weighted by Gasteiger charge is -2.65. The number of carbonyl (C=O) groups is 2. The predicted octanol–water partition coefficient (Wildman–Crippen LogP) is 5.28. The molecular weight excluding hydrogens is 404 g/mol. The summed E-state index contributed by atoms with van der Waals surface area (Å²) in [5.41, 5.74) is -0.818. The number of hydrogen-bond acceptors (Lipinski definition) is 5. The fourth-order valence-electron chi connectivity index (χ4n) is 8.84. The van der Waals surface area contributed by atoms with Crippen molar-refractivity contribution in [1.29, 1.82) is 0 Å². The molecule has 0 amide bonds. The first-order chi connectivity index (χ1) is 14.9. The van der Waals surface area contributed by atoms with Crippen molar-refractivity contribution in [3.8, 4) is 0 Å². The van der Waals surface area contributed by atoms with Gasteiger partial charge in [0, 0.05) is 12.3 Å². The number of fused-ring (bicyclic) bond motifs is 3. The lowest BCUT2D eigenvalue weighted by Crippen LogP contribution is -2.61. The molecule has 0 aromatic carbocycles.